The van der Waals surface area contributed by atoms with Gasteiger partial charge in [-0.3, -0.25) is 14.4 Å². The van der Waals surface area contributed by atoms with Gasteiger partial charge in [-0.05, 0) is 76.5 Å². The number of tetrazole rings is 1. The zero-order valence-electron chi connectivity index (χ0n) is 25.5. The second kappa shape index (κ2) is 13.9. The Morgan fingerprint density at radius 2 is 1.83 bits per heavy atom. The van der Waals surface area contributed by atoms with Gasteiger partial charge in [0.05, 0.1) is 16.3 Å². The van der Waals surface area contributed by atoms with Crippen LogP contribution in [0.1, 0.15) is 33.1 Å². The predicted molar refractivity (Wildman–Crippen MR) is 170 cm³/mol. The van der Waals surface area contributed by atoms with Gasteiger partial charge in [-0.1, -0.05) is 23.7 Å². The molecule has 3 amide bonds. The molecule has 0 saturated heterocycles. The van der Waals surface area contributed by atoms with Crippen molar-refractivity contribution in [3.05, 3.63) is 100 Å². The van der Waals surface area contributed by atoms with Gasteiger partial charge in [0.25, 0.3) is 11.8 Å². The van der Waals surface area contributed by atoms with Crippen molar-refractivity contribution in [3.63, 3.8) is 0 Å². The quantitative estimate of drug-likeness (QED) is 0.266. The SMILES string of the molecule is COCC(=O)N(C)c1cccc2c1CCN(C(=O)C=Cc1c(-n3cnnn3)ccc(Cl)c1F)C2C(=O)N(C)c1ccc(C(=O)O)cc1. The summed E-state index contributed by atoms with van der Waals surface area (Å²) in [4.78, 5) is 56.4. The monoisotopic (exact) mass is 661 g/mol. The van der Waals surface area contributed by atoms with E-state index in [1.807, 2.05) is 0 Å². The third-order valence-corrected chi connectivity index (χ3v) is 8.14. The lowest BCUT2D eigenvalue weighted by molar-refractivity contribution is -0.136. The number of rotatable bonds is 9. The first-order valence-electron chi connectivity index (χ1n) is 14.2. The third-order valence-electron chi connectivity index (χ3n) is 7.85. The summed E-state index contributed by atoms with van der Waals surface area (Å²) in [5.41, 5.74) is 2.38. The highest BCUT2D eigenvalue weighted by atomic mass is 35.5. The molecule has 0 fully saturated rings. The molecule has 0 radical (unpaired) electrons. The minimum atomic E-state index is -1.16. The molecule has 1 atom stereocenters. The first-order valence-corrected chi connectivity index (χ1v) is 14.6. The second-order valence-corrected chi connectivity index (χ2v) is 11.0. The van der Waals surface area contributed by atoms with Gasteiger partial charge in [0.1, 0.15) is 19.0 Å². The van der Waals surface area contributed by atoms with Crippen molar-refractivity contribution in [3.8, 4) is 5.69 Å². The Kier molecular flexibility index (Phi) is 9.72. The molecule has 2 heterocycles. The minimum absolute atomic E-state index is 0.0437. The van der Waals surface area contributed by atoms with Crippen LogP contribution in [0.15, 0.2) is 67.0 Å². The lowest BCUT2D eigenvalue weighted by atomic mass is 9.89. The fourth-order valence-electron chi connectivity index (χ4n) is 5.40. The largest absolute Gasteiger partial charge is 0.478 e. The van der Waals surface area contributed by atoms with E-state index in [1.165, 1.54) is 82.3 Å². The fourth-order valence-corrected chi connectivity index (χ4v) is 5.56. The van der Waals surface area contributed by atoms with Crippen molar-refractivity contribution in [2.24, 2.45) is 0 Å². The summed E-state index contributed by atoms with van der Waals surface area (Å²) in [6.45, 7) is -0.0701. The van der Waals surface area contributed by atoms with Crippen LogP contribution < -0.4 is 9.80 Å². The lowest BCUT2D eigenvalue weighted by Gasteiger charge is -2.39. The number of fused-ring (bicyclic) bond motifs is 1. The Bertz CT molecular complexity index is 1870. The van der Waals surface area contributed by atoms with E-state index in [1.54, 1.807) is 25.2 Å². The molecule has 0 aliphatic carbocycles. The molecule has 13 nitrogen and oxygen atoms in total. The van der Waals surface area contributed by atoms with Crippen molar-refractivity contribution in [1.82, 2.24) is 25.1 Å². The number of carboxylic acids is 1. The Morgan fingerprint density at radius 3 is 2.49 bits per heavy atom. The maximum absolute atomic E-state index is 15.2. The number of aromatic nitrogens is 4. The smallest absolute Gasteiger partial charge is 0.335 e. The van der Waals surface area contributed by atoms with Crippen LogP contribution in [0.5, 0.6) is 0 Å². The van der Waals surface area contributed by atoms with Crippen LogP contribution in [-0.4, -0.2) is 88.3 Å². The molecule has 1 aliphatic rings. The highest BCUT2D eigenvalue weighted by Gasteiger charge is 2.38. The maximum atomic E-state index is 15.2. The number of anilines is 2. The van der Waals surface area contributed by atoms with Crippen molar-refractivity contribution in [1.29, 1.82) is 0 Å². The fraction of sp³-hybridized carbons (Fsp3) is 0.219. The van der Waals surface area contributed by atoms with E-state index in [0.717, 1.165) is 6.08 Å². The summed E-state index contributed by atoms with van der Waals surface area (Å²) in [5, 5.41) is 20.1. The number of likely N-dealkylation sites (N-methyl/N-ethyl adjacent to an activating group) is 2. The standard InChI is InChI=1S/C32H29ClFN7O6/c1-38(20-9-7-19(8-10-20)32(45)46)31(44)30-22-5-4-6-25(39(2)28(43)17-47-3)21(22)15-16-40(30)27(42)14-11-23-26(41-18-35-36-37-41)13-12-24(33)29(23)34/h4-14,18,30H,15-17H2,1-3H3,(H,45,46). The molecule has 0 saturated carbocycles. The molecular weight excluding hydrogens is 633 g/mol. The Labute approximate surface area is 273 Å². The van der Waals surface area contributed by atoms with Crippen LogP contribution in [0.3, 0.4) is 0 Å². The highest BCUT2D eigenvalue weighted by Crippen LogP contribution is 2.37. The number of halogens is 2. The number of carbonyl (C=O) groups excluding carboxylic acids is 3. The Balaban J connectivity index is 1.56. The van der Waals surface area contributed by atoms with E-state index in [9.17, 15) is 24.3 Å². The first-order chi connectivity index (χ1) is 22.5. The van der Waals surface area contributed by atoms with E-state index in [4.69, 9.17) is 16.3 Å². The van der Waals surface area contributed by atoms with E-state index in [2.05, 4.69) is 15.5 Å². The van der Waals surface area contributed by atoms with Gasteiger partial charge in [0, 0.05) is 50.8 Å². The second-order valence-electron chi connectivity index (χ2n) is 10.5. The van der Waals surface area contributed by atoms with Gasteiger partial charge in [0.15, 0.2) is 5.82 Å². The van der Waals surface area contributed by atoms with Crippen molar-refractivity contribution >= 4 is 52.7 Å². The summed E-state index contributed by atoms with van der Waals surface area (Å²) < 4.78 is 21.5. The van der Waals surface area contributed by atoms with Crippen molar-refractivity contribution in [2.75, 3.05) is 44.2 Å². The summed E-state index contributed by atoms with van der Waals surface area (Å²) in [5.74, 6) is -3.31. The molecule has 5 rings (SSSR count). The van der Waals surface area contributed by atoms with Crippen LogP contribution >= 0.6 is 11.6 Å². The number of hydrogen-bond acceptors (Lipinski definition) is 8. The van der Waals surface area contributed by atoms with Crippen LogP contribution in [0.25, 0.3) is 11.8 Å². The number of carbonyl (C=O) groups is 4. The average Bonchev–Trinajstić information content (AvgIpc) is 3.62. The van der Waals surface area contributed by atoms with Crippen molar-refractivity contribution in [2.45, 2.75) is 12.5 Å². The van der Waals surface area contributed by atoms with E-state index >= 15 is 4.39 Å². The predicted octanol–water partition coefficient (Wildman–Crippen LogP) is 3.56. The number of methoxy groups -OCH3 is 1. The van der Waals surface area contributed by atoms with Crippen molar-refractivity contribution < 1.29 is 33.4 Å². The van der Waals surface area contributed by atoms with Crippen LogP contribution in [0.4, 0.5) is 15.8 Å². The third kappa shape index (κ3) is 6.59. The molecule has 47 heavy (non-hydrogen) atoms. The normalized spacial score (nSPS) is 14.1. The summed E-state index contributed by atoms with van der Waals surface area (Å²) in [6, 6.07) is 12.6. The molecule has 1 unspecified atom stereocenters. The number of aromatic carboxylic acids is 1. The molecule has 0 bridgehead atoms. The van der Waals surface area contributed by atoms with Crippen LogP contribution in [0.2, 0.25) is 5.02 Å². The summed E-state index contributed by atoms with van der Waals surface area (Å²) in [7, 11) is 4.53. The highest BCUT2D eigenvalue weighted by molar-refractivity contribution is 6.31. The van der Waals surface area contributed by atoms with Gasteiger partial charge in [-0.15, -0.1) is 5.10 Å². The molecule has 15 heteroatoms. The van der Waals surface area contributed by atoms with E-state index in [0.29, 0.717) is 28.9 Å². The average molecular weight is 662 g/mol. The molecule has 242 valence electrons. The number of carboxylic acid groups (broad SMARTS) is 1. The van der Waals surface area contributed by atoms with Gasteiger partial charge in [-0.2, -0.15) is 4.68 Å². The number of ether oxygens (including phenoxy) is 1. The molecule has 1 aliphatic heterocycles. The maximum Gasteiger partial charge on any atom is 0.335 e. The van der Waals surface area contributed by atoms with Gasteiger partial charge in [0.2, 0.25) is 5.91 Å². The van der Waals surface area contributed by atoms with Gasteiger partial charge in [-0.25, -0.2) is 9.18 Å². The molecule has 1 aromatic heterocycles. The molecule has 3 aromatic carbocycles. The summed E-state index contributed by atoms with van der Waals surface area (Å²) >= 11 is 6.05. The molecule has 0 spiro atoms. The van der Waals surface area contributed by atoms with Gasteiger partial charge >= 0.3 is 5.97 Å². The lowest BCUT2D eigenvalue weighted by Crippen LogP contribution is -2.47. The Morgan fingerprint density at radius 1 is 1.09 bits per heavy atom. The minimum Gasteiger partial charge on any atom is -0.478 e. The Hall–Kier alpha value is -5.47. The van der Waals surface area contributed by atoms with Gasteiger partial charge < -0.3 is 24.5 Å². The molecule has 4 aromatic rings. The number of amides is 3. The van der Waals surface area contributed by atoms with E-state index in [-0.39, 0.29) is 40.9 Å². The van der Waals surface area contributed by atoms with Crippen LogP contribution in [0, 0.1) is 5.82 Å². The number of hydrogen-bond donors (Lipinski definition) is 1. The zero-order valence-corrected chi connectivity index (χ0v) is 26.3. The zero-order chi connectivity index (χ0) is 33.8. The number of benzene rings is 3. The van der Waals surface area contributed by atoms with E-state index < -0.39 is 29.6 Å². The van der Waals surface area contributed by atoms with Crippen LogP contribution in [-0.2, 0) is 25.5 Å². The topological polar surface area (TPSA) is 151 Å². The molecule has 1 N–H and O–H groups in total. The molecular formula is C32H29ClFN7O6. The number of nitrogens with zero attached hydrogens (tertiary/aromatic N) is 7. The first kappa shape index (κ1) is 32.9. The summed E-state index contributed by atoms with van der Waals surface area (Å²) in [6.07, 6.45) is 3.97.